The molecule has 2 aromatic rings. The molecule has 0 spiro atoms. The number of phenols is 1. The van der Waals surface area contributed by atoms with Gasteiger partial charge < -0.3 is 19.7 Å². The minimum Gasteiger partial charge on any atom is -0.507 e. The third-order valence-electron chi connectivity index (χ3n) is 4.16. The number of aromatic hydroxyl groups is 1. The predicted molar refractivity (Wildman–Crippen MR) is 115 cm³/mol. The van der Waals surface area contributed by atoms with E-state index in [4.69, 9.17) is 9.47 Å². The summed E-state index contributed by atoms with van der Waals surface area (Å²) in [4.78, 5) is 17.3. The molecule has 0 unspecified atom stereocenters. The maximum atomic E-state index is 12.4. The molecule has 1 aliphatic rings. The first kappa shape index (κ1) is 20.5. The molecule has 2 N–H and O–H groups in total. The van der Waals surface area contributed by atoms with Gasteiger partial charge in [-0.3, -0.25) is 0 Å². The van der Waals surface area contributed by atoms with E-state index in [1.807, 2.05) is 31.2 Å². The van der Waals surface area contributed by atoms with Crippen LogP contribution in [-0.4, -0.2) is 34.9 Å². The topological polar surface area (TPSA) is 88.4 Å². The number of aliphatic hydroxyl groups excluding tert-OH is 1. The quantitative estimate of drug-likeness (QED) is 0.680. The van der Waals surface area contributed by atoms with Crippen molar-refractivity contribution in [2.45, 2.75) is 13.8 Å². The van der Waals surface area contributed by atoms with Crippen LogP contribution in [0.3, 0.4) is 0 Å². The van der Waals surface area contributed by atoms with Gasteiger partial charge in [-0.2, -0.15) is 0 Å². The number of hydrogen-bond acceptors (Lipinski definition) is 7. The van der Waals surface area contributed by atoms with Gasteiger partial charge in [0.05, 0.1) is 24.3 Å². The highest BCUT2D eigenvalue weighted by atomic mass is 32.2. The molecule has 0 aromatic heterocycles. The lowest BCUT2D eigenvalue weighted by molar-refractivity contribution is -0.138. The normalized spacial score (nSPS) is 16.5. The molecule has 0 radical (unpaired) electrons. The van der Waals surface area contributed by atoms with Gasteiger partial charge in [0.2, 0.25) is 0 Å². The number of aliphatic imine (C=N–C) groups is 1. The Labute approximate surface area is 173 Å². The van der Waals surface area contributed by atoms with E-state index < -0.39 is 5.97 Å². The maximum Gasteiger partial charge on any atom is 0.344 e. The molecule has 0 aliphatic carbocycles. The van der Waals surface area contributed by atoms with Crippen LogP contribution in [0, 0.1) is 6.92 Å². The molecule has 3 rings (SSSR count). The predicted octanol–water partition coefficient (Wildman–Crippen LogP) is 4.90. The van der Waals surface area contributed by atoms with Crippen LogP contribution in [0.4, 0.5) is 5.69 Å². The van der Waals surface area contributed by atoms with E-state index in [-0.39, 0.29) is 23.7 Å². The molecule has 150 valence electrons. The zero-order valence-corrected chi connectivity index (χ0v) is 17.1. The summed E-state index contributed by atoms with van der Waals surface area (Å²) in [5.41, 5.74) is 2.19. The molecule has 0 atom stereocenters. The number of nitrogens with zero attached hydrogens (tertiary/aromatic N) is 1. The number of hydrogen-bond donors (Lipinski definition) is 2. The molecule has 1 aliphatic heterocycles. The lowest BCUT2D eigenvalue weighted by Gasteiger charge is -2.04. The highest BCUT2D eigenvalue weighted by Crippen LogP contribution is 2.41. The zero-order valence-electron chi connectivity index (χ0n) is 16.3. The number of rotatable bonds is 5. The number of methoxy groups -OCH3 is 1. The van der Waals surface area contributed by atoms with Gasteiger partial charge in [-0.15, -0.1) is 0 Å². The van der Waals surface area contributed by atoms with Gasteiger partial charge in [0.1, 0.15) is 27.9 Å². The van der Waals surface area contributed by atoms with Crippen molar-refractivity contribution in [3.05, 3.63) is 69.8 Å². The fraction of sp³-hybridized carbons (Fsp3) is 0.182. The molecule has 7 heteroatoms. The fourth-order valence-electron chi connectivity index (χ4n) is 2.64. The summed E-state index contributed by atoms with van der Waals surface area (Å²) in [6.45, 7) is 3.84. The molecule has 0 saturated heterocycles. The van der Waals surface area contributed by atoms with E-state index in [9.17, 15) is 15.0 Å². The van der Waals surface area contributed by atoms with Crippen molar-refractivity contribution in [3.8, 4) is 11.5 Å². The van der Waals surface area contributed by atoms with Gasteiger partial charge in [0.15, 0.2) is 0 Å². The molecular weight excluding hydrogens is 390 g/mol. The Morgan fingerprint density at radius 1 is 1.17 bits per heavy atom. The van der Waals surface area contributed by atoms with E-state index in [0.717, 1.165) is 17.3 Å². The van der Waals surface area contributed by atoms with Crippen LogP contribution in [0.1, 0.15) is 18.1 Å². The zero-order chi connectivity index (χ0) is 21.0. The Morgan fingerprint density at radius 2 is 1.90 bits per heavy atom. The summed E-state index contributed by atoms with van der Waals surface area (Å²) >= 11 is 1.13. The van der Waals surface area contributed by atoms with Gasteiger partial charge >= 0.3 is 5.97 Å². The minimum atomic E-state index is -0.651. The summed E-state index contributed by atoms with van der Waals surface area (Å²) in [6, 6.07) is 12.3. The highest BCUT2D eigenvalue weighted by Gasteiger charge is 2.33. The fourth-order valence-corrected chi connectivity index (χ4v) is 3.67. The molecule has 0 fully saturated rings. The lowest BCUT2D eigenvalue weighted by Crippen LogP contribution is -2.12. The van der Waals surface area contributed by atoms with Crippen LogP contribution in [0.2, 0.25) is 0 Å². The number of thioether (sulfide) groups is 1. The van der Waals surface area contributed by atoms with Crippen LogP contribution in [0.25, 0.3) is 6.08 Å². The number of esters is 1. The van der Waals surface area contributed by atoms with Gasteiger partial charge in [0.25, 0.3) is 0 Å². The minimum absolute atomic E-state index is 0.00561. The van der Waals surface area contributed by atoms with Crippen molar-refractivity contribution in [3.63, 3.8) is 0 Å². The van der Waals surface area contributed by atoms with Crippen molar-refractivity contribution < 1.29 is 24.5 Å². The van der Waals surface area contributed by atoms with Crippen molar-refractivity contribution >= 4 is 34.5 Å². The molecule has 0 bridgehead atoms. The van der Waals surface area contributed by atoms with Crippen molar-refractivity contribution in [2.75, 3.05) is 13.7 Å². The first-order chi connectivity index (χ1) is 13.9. The summed E-state index contributed by atoms with van der Waals surface area (Å²) in [7, 11) is 1.52. The molecule has 29 heavy (non-hydrogen) atoms. The maximum absolute atomic E-state index is 12.4. The second-order valence-electron chi connectivity index (χ2n) is 6.23. The summed E-state index contributed by atoms with van der Waals surface area (Å²) in [5.74, 6) is -0.309. The lowest BCUT2D eigenvalue weighted by atomic mass is 10.1. The Hall–Kier alpha value is -3.19. The van der Waals surface area contributed by atoms with Crippen molar-refractivity contribution in [1.29, 1.82) is 0 Å². The SMILES string of the molecule is CCOC(=O)C1=C(O)C(=Cc2cc(OC)ccc2O)SC1=Nc1ccc(C)cc1. The van der Waals surface area contributed by atoms with Gasteiger partial charge in [-0.25, -0.2) is 9.79 Å². The largest absolute Gasteiger partial charge is 0.507 e. The van der Waals surface area contributed by atoms with Crippen LogP contribution < -0.4 is 4.74 Å². The van der Waals surface area contributed by atoms with E-state index in [1.54, 1.807) is 25.1 Å². The summed E-state index contributed by atoms with van der Waals surface area (Å²) in [6.07, 6.45) is 1.58. The molecule has 6 nitrogen and oxygen atoms in total. The Bertz CT molecular complexity index is 1020. The van der Waals surface area contributed by atoms with Crippen molar-refractivity contribution in [2.24, 2.45) is 4.99 Å². The standard InChI is InChI=1S/C22H21NO5S/c1-4-28-22(26)19-20(25)18(12-14-11-16(27-3)9-10-17(14)24)29-21(19)23-15-7-5-13(2)6-8-15/h5-12,24-25H,4H2,1-3H3. The second kappa shape index (κ2) is 8.87. The number of benzene rings is 2. The first-order valence-corrected chi connectivity index (χ1v) is 9.77. The summed E-state index contributed by atoms with van der Waals surface area (Å²) in [5, 5.41) is 21.2. The van der Waals surface area contributed by atoms with Crippen LogP contribution >= 0.6 is 11.8 Å². The average Bonchev–Trinajstić information content (AvgIpc) is 3.00. The van der Waals surface area contributed by atoms with Crippen molar-refractivity contribution in [1.82, 2.24) is 0 Å². The number of ether oxygens (including phenoxy) is 2. The Balaban J connectivity index is 2.06. The monoisotopic (exact) mass is 411 g/mol. The third-order valence-corrected chi connectivity index (χ3v) is 5.18. The van der Waals surface area contributed by atoms with E-state index in [2.05, 4.69) is 4.99 Å². The molecule has 2 aromatic carbocycles. The smallest absolute Gasteiger partial charge is 0.344 e. The number of aliphatic hydroxyl groups is 1. The van der Waals surface area contributed by atoms with Crippen LogP contribution in [0.5, 0.6) is 11.5 Å². The van der Waals surface area contributed by atoms with E-state index in [1.165, 1.54) is 13.2 Å². The van der Waals surface area contributed by atoms with Gasteiger partial charge in [-0.1, -0.05) is 29.5 Å². The molecule has 0 saturated carbocycles. The summed E-state index contributed by atoms with van der Waals surface area (Å²) < 4.78 is 10.3. The number of aryl methyl sites for hydroxylation is 1. The van der Waals surface area contributed by atoms with E-state index in [0.29, 0.717) is 26.9 Å². The number of phenolic OH excluding ortho intramolecular Hbond substituents is 1. The first-order valence-electron chi connectivity index (χ1n) is 8.96. The van der Waals surface area contributed by atoms with Crippen LogP contribution in [0.15, 0.2) is 63.7 Å². The third kappa shape index (κ3) is 4.63. The van der Waals surface area contributed by atoms with Gasteiger partial charge in [0, 0.05) is 5.56 Å². The van der Waals surface area contributed by atoms with Gasteiger partial charge in [-0.05, 0) is 50.3 Å². The average molecular weight is 411 g/mol. The van der Waals surface area contributed by atoms with Crippen LogP contribution in [-0.2, 0) is 9.53 Å². The Morgan fingerprint density at radius 3 is 2.55 bits per heavy atom. The van der Waals surface area contributed by atoms with E-state index >= 15 is 0 Å². The highest BCUT2D eigenvalue weighted by molar-refractivity contribution is 8.18. The second-order valence-corrected chi connectivity index (χ2v) is 7.26. The molecule has 0 amide bonds. The molecule has 1 heterocycles. The molecular formula is C22H21NO5S. The number of carbonyl (C=O) groups is 1. The number of carbonyl (C=O) groups excluding carboxylic acids is 1. The Kier molecular flexibility index (Phi) is 6.29.